The standard InChI is InChI=1S/C21H23N7O3S/c1-28-21(24-26-27-28)15-8-7-9-16(14-15)23-19(29)12-3-2-6-13-22-20-17-10-4-5-11-18(17)32(30,31)25-20/h4-5,7-11,14H,2-3,6,12-13H2,1H3,(H,22,25)(H,23,29). The SMILES string of the molecule is Cn1nnnc1-c1cccc(NC(=O)CCCCCN=C2NS(=O)(=O)c3ccccc32)c1. The number of nitrogens with zero attached hydrogens (tertiary/aromatic N) is 5. The summed E-state index contributed by atoms with van der Waals surface area (Å²) in [6.45, 7) is 0.488. The maximum absolute atomic E-state index is 12.3. The number of tetrazole rings is 1. The first kappa shape index (κ1) is 21.6. The fraction of sp³-hybridized carbons (Fsp3) is 0.286. The maximum atomic E-state index is 12.3. The number of aromatic nitrogens is 4. The third-order valence-corrected chi connectivity index (χ3v) is 6.42. The van der Waals surface area contributed by atoms with Crippen LogP contribution >= 0.6 is 0 Å². The lowest BCUT2D eigenvalue weighted by atomic mass is 10.1. The van der Waals surface area contributed by atoms with E-state index in [2.05, 4.69) is 30.6 Å². The number of rotatable bonds is 8. The van der Waals surface area contributed by atoms with E-state index in [0.29, 0.717) is 42.3 Å². The van der Waals surface area contributed by atoms with Crippen molar-refractivity contribution in [3.05, 3.63) is 54.1 Å². The Balaban J connectivity index is 1.22. The zero-order valence-corrected chi connectivity index (χ0v) is 18.3. The molecule has 0 fully saturated rings. The fourth-order valence-electron chi connectivity index (χ4n) is 3.45. The summed E-state index contributed by atoms with van der Waals surface area (Å²) in [7, 11) is -1.75. The molecule has 1 aliphatic heterocycles. The molecule has 32 heavy (non-hydrogen) atoms. The molecule has 166 valence electrons. The zero-order chi connectivity index (χ0) is 22.6. The molecular formula is C21H23N7O3S. The number of nitrogens with one attached hydrogen (secondary N) is 2. The van der Waals surface area contributed by atoms with Gasteiger partial charge in [0.05, 0.1) is 4.90 Å². The highest BCUT2D eigenvalue weighted by molar-refractivity contribution is 7.90. The fourth-order valence-corrected chi connectivity index (χ4v) is 4.70. The molecule has 0 spiro atoms. The van der Waals surface area contributed by atoms with Gasteiger partial charge in [0.2, 0.25) is 5.91 Å². The van der Waals surface area contributed by atoms with Crippen molar-refractivity contribution in [2.24, 2.45) is 12.0 Å². The number of anilines is 1. The summed E-state index contributed by atoms with van der Waals surface area (Å²) in [5.41, 5.74) is 2.11. The molecule has 1 amide bonds. The van der Waals surface area contributed by atoms with Crippen LogP contribution in [0.25, 0.3) is 11.4 Å². The zero-order valence-electron chi connectivity index (χ0n) is 17.5. The van der Waals surface area contributed by atoms with Gasteiger partial charge in [-0.15, -0.1) is 5.10 Å². The van der Waals surface area contributed by atoms with Crippen LogP contribution in [0, 0.1) is 0 Å². The van der Waals surface area contributed by atoms with Crippen molar-refractivity contribution >= 4 is 27.5 Å². The Hall–Kier alpha value is -3.60. The number of hydrogen-bond acceptors (Lipinski definition) is 7. The molecule has 0 saturated carbocycles. The third kappa shape index (κ3) is 4.83. The highest BCUT2D eigenvalue weighted by atomic mass is 32.2. The highest BCUT2D eigenvalue weighted by Crippen LogP contribution is 2.22. The summed E-state index contributed by atoms with van der Waals surface area (Å²) < 4.78 is 28.2. The predicted molar refractivity (Wildman–Crippen MR) is 119 cm³/mol. The van der Waals surface area contributed by atoms with Crippen molar-refractivity contribution in [3.8, 4) is 11.4 Å². The summed E-state index contributed by atoms with van der Waals surface area (Å²) in [6, 6.07) is 14.2. The second-order valence-corrected chi connectivity index (χ2v) is 9.05. The molecule has 2 N–H and O–H groups in total. The minimum atomic E-state index is -3.51. The number of aliphatic imine (C=N–C) groups is 1. The van der Waals surface area contributed by atoms with Gasteiger partial charge in [0.1, 0.15) is 5.84 Å². The van der Waals surface area contributed by atoms with Gasteiger partial charge in [0.25, 0.3) is 10.0 Å². The van der Waals surface area contributed by atoms with Crippen LogP contribution in [-0.4, -0.2) is 46.9 Å². The molecule has 0 unspecified atom stereocenters. The van der Waals surface area contributed by atoms with E-state index in [4.69, 9.17) is 0 Å². The number of fused-ring (bicyclic) bond motifs is 1. The van der Waals surface area contributed by atoms with E-state index in [1.165, 1.54) is 0 Å². The molecule has 0 bridgehead atoms. The smallest absolute Gasteiger partial charge is 0.263 e. The van der Waals surface area contributed by atoms with Crippen molar-refractivity contribution < 1.29 is 13.2 Å². The van der Waals surface area contributed by atoms with E-state index in [9.17, 15) is 13.2 Å². The second kappa shape index (κ2) is 9.27. The topological polar surface area (TPSA) is 131 Å². The van der Waals surface area contributed by atoms with Crippen LogP contribution in [-0.2, 0) is 21.9 Å². The Labute approximate surface area is 185 Å². The Bertz CT molecular complexity index is 1270. The van der Waals surface area contributed by atoms with Gasteiger partial charge in [-0.05, 0) is 47.5 Å². The van der Waals surface area contributed by atoms with Gasteiger partial charge >= 0.3 is 0 Å². The minimum absolute atomic E-state index is 0.0676. The Morgan fingerprint density at radius 1 is 1.12 bits per heavy atom. The maximum Gasteiger partial charge on any atom is 0.263 e. The number of benzene rings is 2. The number of carbonyl (C=O) groups excluding carboxylic acids is 1. The Morgan fingerprint density at radius 3 is 2.78 bits per heavy atom. The molecule has 1 aliphatic rings. The van der Waals surface area contributed by atoms with Crippen LogP contribution in [0.5, 0.6) is 0 Å². The first-order valence-corrected chi connectivity index (χ1v) is 11.7. The van der Waals surface area contributed by atoms with Crippen molar-refractivity contribution in [3.63, 3.8) is 0 Å². The van der Waals surface area contributed by atoms with Crippen molar-refractivity contribution in [2.75, 3.05) is 11.9 Å². The van der Waals surface area contributed by atoms with E-state index < -0.39 is 10.0 Å². The number of aryl methyl sites for hydroxylation is 1. The average molecular weight is 454 g/mol. The van der Waals surface area contributed by atoms with Gasteiger partial charge in [-0.25, -0.2) is 13.1 Å². The Morgan fingerprint density at radius 2 is 1.97 bits per heavy atom. The first-order chi connectivity index (χ1) is 15.4. The number of amidine groups is 1. The van der Waals surface area contributed by atoms with E-state index in [1.807, 2.05) is 24.3 Å². The molecule has 2 aromatic carbocycles. The predicted octanol–water partition coefficient (Wildman–Crippen LogP) is 2.11. The number of amides is 1. The van der Waals surface area contributed by atoms with E-state index in [1.54, 1.807) is 36.0 Å². The summed E-state index contributed by atoms with van der Waals surface area (Å²) >= 11 is 0. The van der Waals surface area contributed by atoms with Gasteiger partial charge in [-0.1, -0.05) is 30.7 Å². The molecule has 2 heterocycles. The van der Waals surface area contributed by atoms with Crippen molar-refractivity contribution in [1.29, 1.82) is 0 Å². The molecular weight excluding hydrogens is 430 g/mol. The monoisotopic (exact) mass is 453 g/mol. The molecule has 0 atom stereocenters. The van der Waals surface area contributed by atoms with E-state index >= 15 is 0 Å². The van der Waals surface area contributed by atoms with Crippen LogP contribution in [0.3, 0.4) is 0 Å². The number of hydrogen-bond donors (Lipinski definition) is 2. The van der Waals surface area contributed by atoms with Crippen LogP contribution in [0.2, 0.25) is 0 Å². The molecule has 0 radical (unpaired) electrons. The van der Waals surface area contributed by atoms with Gasteiger partial charge in [-0.3, -0.25) is 14.5 Å². The summed E-state index contributed by atoms with van der Waals surface area (Å²) in [6.07, 6.45) is 2.67. The molecule has 1 aromatic heterocycles. The van der Waals surface area contributed by atoms with Crippen LogP contribution < -0.4 is 10.0 Å². The van der Waals surface area contributed by atoms with Gasteiger partial charge in [-0.2, -0.15) is 0 Å². The van der Waals surface area contributed by atoms with Crippen LogP contribution in [0.1, 0.15) is 31.2 Å². The highest BCUT2D eigenvalue weighted by Gasteiger charge is 2.29. The quantitative estimate of drug-likeness (QED) is 0.502. The minimum Gasteiger partial charge on any atom is -0.326 e. The van der Waals surface area contributed by atoms with Crippen molar-refractivity contribution in [1.82, 2.24) is 24.9 Å². The van der Waals surface area contributed by atoms with Crippen LogP contribution in [0.15, 0.2) is 58.4 Å². The van der Waals surface area contributed by atoms with Gasteiger partial charge in [0.15, 0.2) is 5.82 Å². The average Bonchev–Trinajstić information content (AvgIpc) is 3.31. The van der Waals surface area contributed by atoms with E-state index in [-0.39, 0.29) is 10.8 Å². The van der Waals surface area contributed by atoms with Crippen molar-refractivity contribution in [2.45, 2.75) is 30.6 Å². The van der Waals surface area contributed by atoms with Gasteiger partial charge in [0, 0.05) is 36.8 Å². The molecule has 3 aromatic rings. The normalized spacial score (nSPS) is 15.3. The summed E-state index contributed by atoms with van der Waals surface area (Å²) in [4.78, 5) is 16.9. The lowest BCUT2D eigenvalue weighted by molar-refractivity contribution is -0.116. The molecule has 10 nitrogen and oxygen atoms in total. The largest absolute Gasteiger partial charge is 0.326 e. The number of carbonyl (C=O) groups is 1. The molecule has 0 saturated heterocycles. The summed E-state index contributed by atoms with van der Waals surface area (Å²) in [5, 5.41) is 14.3. The van der Waals surface area contributed by atoms with Crippen LogP contribution in [0.4, 0.5) is 5.69 Å². The number of sulfonamides is 1. The third-order valence-electron chi connectivity index (χ3n) is 5.02. The first-order valence-electron chi connectivity index (χ1n) is 10.2. The van der Waals surface area contributed by atoms with Gasteiger partial charge < -0.3 is 5.32 Å². The van der Waals surface area contributed by atoms with E-state index in [0.717, 1.165) is 18.4 Å². The molecule has 11 heteroatoms. The number of unbranched alkanes of at least 4 members (excludes halogenated alkanes) is 2. The Kier molecular flexibility index (Phi) is 6.26. The lowest BCUT2D eigenvalue weighted by Crippen LogP contribution is -2.22. The lowest BCUT2D eigenvalue weighted by Gasteiger charge is -2.07. The molecule has 4 rings (SSSR count). The molecule has 0 aliphatic carbocycles. The second-order valence-electron chi connectivity index (χ2n) is 7.40. The summed E-state index contributed by atoms with van der Waals surface area (Å²) in [5.74, 6) is 0.938.